The first-order valence-electron chi connectivity index (χ1n) is 7.22. The lowest BCUT2D eigenvalue weighted by Crippen LogP contribution is -2.70. The predicted octanol–water partition coefficient (Wildman–Crippen LogP) is 1.44. The van der Waals surface area contributed by atoms with Gasteiger partial charge in [-0.05, 0) is 51.4 Å². The number of rotatable bonds is 3. The second-order valence-corrected chi connectivity index (χ2v) is 6.14. The monoisotopic (exact) mass is 250 g/mol. The molecule has 0 aromatic carbocycles. The fraction of sp³-hybridized carbons (Fsp3) is 0.857. The van der Waals surface area contributed by atoms with Crippen LogP contribution >= 0.6 is 0 Å². The smallest absolute Gasteiger partial charge is 0.246 e. The summed E-state index contributed by atoms with van der Waals surface area (Å²) in [4.78, 5) is 26.7. The van der Waals surface area contributed by atoms with Gasteiger partial charge in [0, 0.05) is 5.54 Å². The maximum atomic E-state index is 12.7. The van der Waals surface area contributed by atoms with E-state index in [1.165, 1.54) is 6.42 Å². The summed E-state index contributed by atoms with van der Waals surface area (Å²) in [5.74, 6) is 0.600. The standard InChI is InChI=1S/C14H22N2O2/c1-3-14(7-4-8-14)16-9(2)12(17)15-11(13(16)18)10-5-6-10/h9-11H,3-8H2,1-2H3,(H,15,17). The second kappa shape index (κ2) is 3.97. The van der Waals surface area contributed by atoms with Crippen molar-refractivity contribution >= 4 is 11.8 Å². The van der Waals surface area contributed by atoms with Crippen LogP contribution in [0.25, 0.3) is 0 Å². The molecule has 0 aromatic rings. The highest BCUT2D eigenvalue weighted by molar-refractivity contribution is 5.97. The van der Waals surface area contributed by atoms with Gasteiger partial charge < -0.3 is 10.2 Å². The first-order valence-corrected chi connectivity index (χ1v) is 7.22. The van der Waals surface area contributed by atoms with Crippen molar-refractivity contribution in [3.8, 4) is 0 Å². The van der Waals surface area contributed by atoms with Crippen LogP contribution in [0.4, 0.5) is 0 Å². The zero-order chi connectivity index (χ0) is 12.9. The quantitative estimate of drug-likeness (QED) is 0.824. The average Bonchev–Trinajstić information content (AvgIpc) is 3.11. The second-order valence-electron chi connectivity index (χ2n) is 6.14. The Bertz CT molecular complexity index is 380. The minimum atomic E-state index is -0.298. The van der Waals surface area contributed by atoms with Gasteiger partial charge in [0.1, 0.15) is 12.1 Å². The topological polar surface area (TPSA) is 49.4 Å². The number of piperazine rings is 1. The first kappa shape index (κ1) is 12.0. The Morgan fingerprint density at radius 1 is 1.33 bits per heavy atom. The van der Waals surface area contributed by atoms with Crippen molar-refractivity contribution in [2.75, 3.05) is 0 Å². The van der Waals surface area contributed by atoms with E-state index in [0.29, 0.717) is 5.92 Å². The van der Waals surface area contributed by atoms with Gasteiger partial charge >= 0.3 is 0 Å². The maximum absolute atomic E-state index is 12.7. The van der Waals surface area contributed by atoms with Crippen molar-refractivity contribution in [1.82, 2.24) is 10.2 Å². The van der Waals surface area contributed by atoms with Gasteiger partial charge in [-0.1, -0.05) is 6.92 Å². The van der Waals surface area contributed by atoms with E-state index >= 15 is 0 Å². The summed E-state index contributed by atoms with van der Waals surface area (Å²) in [6, 6.07) is -0.537. The van der Waals surface area contributed by atoms with Crippen LogP contribution in [-0.2, 0) is 9.59 Å². The molecule has 18 heavy (non-hydrogen) atoms. The molecule has 1 heterocycles. The van der Waals surface area contributed by atoms with E-state index in [1.54, 1.807) is 0 Å². The normalized spacial score (nSPS) is 35.1. The molecule has 3 rings (SSSR count). The molecule has 2 atom stereocenters. The summed E-state index contributed by atoms with van der Waals surface area (Å²) in [6.45, 7) is 4.00. The fourth-order valence-corrected chi connectivity index (χ4v) is 3.54. The minimum Gasteiger partial charge on any atom is -0.342 e. The Kier molecular flexibility index (Phi) is 2.65. The lowest BCUT2D eigenvalue weighted by Gasteiger charge is -2.54. The van der Waals surface area contributed by atoms with Crippen molar-refractivity contribution in [1.29, 1.82) is 0 Å². The Morgan fingerprint density at radius 3 is 2.44 bits per heavy atom. The third kappa shape index (κ3) is 1.57. The molecule has 2 amide bonds. The van der Waals surface area contributed by atoms with Crippen LogP contribution in [-0.4, -0.2) is 34.3 Å². The third-order valence-electron chi connectivity index (χ3n) is 5.11. The first-order chi connectivity index (χ1) is 8.59. The van der Waals surface area contributed by atoms with E-state index in [-0.39, 0.29) is 29.4 Å². The Balaban J connectivity index is 1.89. The summed E-state index contributed by atoms with van der Waals surface area (Å²) in [5, 5.41) is 2.92. The molecule has 0 spiro atoms. The maximum Gasteiger partial charge on any atom is 0.246 e. The van der Waals surface area contributed by atoms with Gasteiger partial charge in [-0.2, -0.15) is 0 Å². The molecule has 4 heteroatoms. The van der Waals surface area contributed by atoms with Crippen LogP contribution in [0, 0.1) is 5.92 Å². The largest absolute Gasteiger partial charge is 0.342 e. The minimum absolute atomic E-state index is 0.0264. The molecule has 3 fully saturated rings. The van der Waals surface area contributed by atoms with Crippen LogP contribution < -0.4 is 5.32 Å². The van der Waals surface area contributed by atoms with Crippen LogP contribution in [0.5, 0.6) is 0 Å². The van der Waals surface area contributed by atoms with E-state index in [0.717, 1.165) is 32.1 Å². The van der Waals surface area contributed by atoms with Crippen LogP contribution in [0.1, 0.15) is 52.4 Å². The number of carbonyl (C=O) groups is 2. The Morgan fingerprint density at radius 2 is 2.00 bits per heavy atom. The van der Waals surface area contributed by atoms with E-state index < -0.39 is 0 Å². The summed E-state index contributed by atoms with van der Waals surface area (Å²) in [6.07, 6.45) is 6.43. The van der Waals surface area contributed by atoms with Crippen LogP contribution in [0.2, 0.25) is 0 Å². The van der Waals surface area contributed by atoms with E-state index in [9.17, 15) is 9.59 Å². The van der Waals surface area contributed by atoms with Crippen molar-refractivity contribution in [3.63, 3.8) is 0 Å². The van der Waals surface area contributed by atoms with Crippen LogP contribution in [0.15, 0.2) is 0 Å². The molecule has 1 aliphatic heterocycles. The molecule has 0 radical (unpaired) electrons. The molecule has 2 unspecified atom stereocenters. The van der Waals surface area contributed by atoms with Gasteiger partial charge in [-0.15, -0.1) is 0 Å². The molecule has 1 saturated heterocycles. The molecule has 2 saturated carbocycles. The third-order valence-corrected chi connectivity index (χ3v) is 5.11. The Labute approximate surface area is 108 Å². The van der Waals surface area contributed by atoms with E-state index in [2.05, 4.69) is 12.2 Å². The highest BCUT2D eigenvalue weighted by Gasteiger charge is 2.53. The lowest BCUT2D eigenvalue weighted by molar-refractivity contribution is -0.162. The number of carbonyl (C=O) groups excluding carboxylic acids is 2. The summed E-state index contributed by atoms with van der Waals surface area (Å²) < 4.78 is 0. The lowest BCUT2D eigenvalue weighted by atomic mass is 9.72. The van der Waals surface area contributed by atoms with Gasteiger partial charge in [0.2, 0.25) is 11.8 Å². The van der Waals surface area contributed by atoms with Gasteiger partial charge in [0.05, 0.1) is 0 Å². The molecule has 3 aliphatic rings. The van der Waals surface area contributed by atoms with E-state index in [4.69, 9.17) is 0 Å². The number of hydrogen-bond donors (Lipinski definition) is 1. The summed E-state index contributed by atoms with van der Waals surface area (Å²) in [7, 11) is 0. The Hall–Kier alpha value is -1.06. The molecule has 2 aliphatic carbocycles. The number of nitrogens with one attached hydrogen (secondary N) is 1. The molecular weight excluding hydrogens is 228 g/mol. The predicted molar refractivity (Wildman–Crippen MR) is 67.8 cm³/mol. The molecule has 1 N–H and O–H groups in total. The molecule has 4 nitrogen and oxygen atoms in total. The highest BCUT2D eigenvalue weighted by Crippen LogP contribution is 2.44. The number of amides is 2. The van der Waals surface area contributed by atoms with Crippen molar-refractivity contribution in [3.05, 3.63) is 0 Å². The molecule has 100 valence electrons. The average molecular weight is 250 g/mol. The van der Waals surface area contributed by atoms with Gasteiger partial charge in [0.25, 0.3) is 0 Å². The summed E-state index contributed by atoms with van der Waals surface area (Å²) >= 11 is 0. The van der Waals surface area contributed by atoms with Gasteiger partial charge in [-0.3, -0.25) is 9.59 Å². The van der Waals surface area contributed by atoms with Crippen molar-refractivity contribution < 1.29 is 9.59 Å². The number of nitrogens with zero attached hydrogens (tertiary/aromatic N) is 1. The summed E-state index contributed by atoms with van der Waals surface area (Å²) in [5.41, 5.74) is -0.0264. The molecule has 0 aromatic heterocycles. The highest BCUT2D eigenvalue weighted by atomic mass is 16.2. The van der Waals surface area contributed by atoms with Crippen molar-refractivity contribution in [2.24, 2.45) is 5.92 Å². The SMILES string of the molecule is CCC1(N2C(=O)C(C3CC3)NC(=O)C2C)CCC1. The fourth-order valence-electron chi connectivity index (χ4n) is 3.54. The van der Waals surface area contributed by atoms with Gasteiger partial charge in [0.15, 0.2) is 0 Å². The molecular formula is C14H22N2O2. The number of hydrogen-bond acceptors (Lipinski definition) is 2. The van der Waals surface area contributed by atoms with E-state index in [1.807, 2.05) is 11.8 Å². The molecule has 0 bridgehead atoms. The van der Waals surface area contributed by atoms with Crippen molar-refractivity contribution in [2.45, 2.75) is 70.0 Å². The zero-order valence-corrected chi connectivity index (χ0v) is 11.2. The van der Waals surface area contributed by atoms with Crippen LogP contribution in [0.3, 0.4) is 0 Å². The zero-order valence-electron chi connectivity index (χ0n) is 11.2. The van der Waals surface area contributed by atoms with Gasteiger partial charge in [-0.25, -0.2) is 0 Å².